The smallest absolute Gasteiger partial charge is 0.0587 e. The summed E-state index contributed by atoms with van der Waals surface area (Å²) in [5.41, 5.74) is 2.20. The van der Waals surface area contributed by atoms with Crippen molar-refractivity contribution in [3.63, 3.8) is 0 Å². The van der Waals surface area contributed by atoms with Gasteiger partial charge in [-0.3, -0.25) is 0 Å². The Bertz CT molecular complexity index is 391. The lowest BCUT2D eigenvalue weighted by Crippen LogP contribution is -2.20. The highest BCUT2D eigenvalue weighted by Crippen LogP contribution is 2.22. The fourth-order valence-electron chi connectivity index (χ4n) is 1.39. The number of hydrogen-bond donors (Lipinski definition) is 1. The summed E-state index contributed by atoms with van der Waals surface area (Å²) in [6, 6.07) is 5.51. The molecule has 0 fully saturated rings. The van der Waals surface area contributed by atoms with Crippen molar-refractivity contribution < 1.29 is 4.74 Å². The highest BCUT2D eigenvalue weighted by Gasteiger charge is 1.99. The number of nitrogens with one attached hydrogen (secondary N) is 1. The number of methoxy groups -OCH3 is 1. The second-order valence-electron chi connectivity index (χ2n) is 3.83. The quantitative estimate of drug-likeness (QED) is 0.800. The van der Waals surface area contributed by atoms with Crippen LogP contribution in [-0.2, 0) is 4.74 Å². The molecule has 17 heavy (non-hydrogen) atoms. The first-order chi connectivity index (χ1) is 8.13. The largest absolute Gasteiger partial charge is 0.383 e. The van der Waals surface area contributed by atoms with Gasteiger partial charge in [0, 0.05) is 30.2 Å². The van der Waals surface area contributed by atoms with Gasteiger partial charge in [0.2, 0.25) is 0 Å². The van der Waals surface area contributed by atoms with Crippen LogP contribution in [0.1, 0.15) is 12.5 Å². The zero-order valence-corrected chi connectivity index (χ0v) is 11.6. The van der Waals surface area contributed by atoms with Crippen LogP contribution in [0.3, 0.4) is 0 Å². The van der Waals surface area contributed by atoms with E-state index in [0.717, 1.165) is 25.3 Å². The number of hydrogen-bond acceptors (Lipinski definition) is 2. The maximum absolute atomic E-state index is 6.09. The van der Waals surface area contributed by atoms with Crippen molar-refractivity contribution in [1.82, 2.24) is 5.32 Å². The second kappa shape index (κ2) is 7.72. The van der Waals surface area contributed by atoms with Crippen molar-refractivity contribution in [2.45, 2.75) is 6.92 Å². The molecule has 0 unspecified atom stereocenters. The van der Waals surface area contributed by atoms with E-state index in [1.165, 1.54) is 5.57 Å². The molecule has 0 bridgehead atoms. The van der Waals surface area contributed by atoms with Crippen molar-refractivity contribution in [3.05, 3.63) is 39.4 Å². The van der Waals surface area contributed by atoms with Crippen LogP contribution in [0, 0.1) is 0 Å². The zero-order valence-electron chi connectivity index (χ0n) is 10.1. The minimum absolute atomic E-state index is 0.656. The Balaban J connectivity index is 2.55. The molecule has 0 heterocycles. The van der Waals surface area contributed by atoms with E-state index < -0.39 is 0 Å². The van der Waals surface area contributed by atoms with Gasteiger partial charge in [-0.1, -0.05) is 40.9 Å². The molecule has 0 saturated heterocycles. The first-order valence-corrected chi connectivity index (χ1v) is 6.21. The van der Waals surface area contributed by atoms with E-state index >= 15 is 0 Å². The Morgan fingerprint density at radius 1 is 1.41 bits per heavy atom. The summed E-state index contributed by atoms with van der Waals surface area (Å²) in [5.74, 6) is 0. The van der Waals surface area contributed by atoms with E-state index in [9.17, 15) is 0 Å². The number of benzene rings is 1. The molecule has 0 aromatic heterocycles. The van der Waals surface area contributed by atoms with Crippen LogP contribution in [0.2, 0.25) is 10.0 Å². The standard InChI is InChI=1S/C13H17Cl2NO/c1-10(9-16-5-6-17-2)7-11-3-4-12(14)8-13(11)15/h3-4,7-8,16H,5-6,9H2,1-2H3. The van der Waals surface area contributed by atoms with E-state index in [-0.39, 0.29) is 0 Å². The molecule has 94 valence electrons. The lowest BCUT2D eigenvalue weighted by molar-refractivity contribution is 0.200. The molecule has 0 atom stereocenters. The maximum atomic E-state index is 6.09. The third kappa shape index (κ3) is 5.55. The third-order valence-electron chi connectivity index (χ3n) is 2.25. The normalized spacial score (nSPS) is 11.9. The second-order valence-corrected chi connectivity index (χ2v) is 4.67. The first-order valence-electron chi connectivity index (χ1n) is 5.45. The third-order valence-corrected chi connectivity index (χ3v) is 2.81. The van der Waals surface area contributed by atoms with Gasteiger partial charge >= 0.3 is 0 Å². The molecule has 4 heteroatoms. The van der Waals surface area contributed by atoms with Gasteiger partial charge in [-0.25, -0.2) is 0 Å². The molecule has 1 aromatic carbocycles. The SMILES string of the molecule is COCCNCC(C)=Cc1ccc(Cl)cc1Cl. The Labute approximate surface area is 113 Å². The minimum Gasteiger partial charge on any atom is -0.383 e. The van der Waals surface area contributed by atoms with Gasteiger partial charge < -0.3 is 10.1 Å². The Morgan fingerprint density at radius 3 is 2.82 bits per heavy atom. The fraction of sp³-hybridized carbons (Fsp3) is 0.385. The average Bonchev–Trinajstić information content (AvgIpc) is 2.28. The van der Waals surface area contributed by atoms with Crippen LogP contribution in [0.25, 0.3) is 6.08 Å². The van der Waals surface area contributed by atoms with Crippen molar-refractivity contribution >= 4 is 29.3 Å². The zero-order chi connectivity index (χ0) is 12.7. The summed E-state index contributed by atoms with van der Waals surface area (Å²) in [4.78, 5) is 0. The summed E-state index contributed by atoms with van der Waals surface area (Å²) < 4.78 is 4.96. The molecule has 1 aromatic rings. The highest BCUT2D eigenvalue weighted by atomic mass is 35.5. The molecule has 0 radical (unpaired) electrons. The van der Waals surface area contributed by atoms with Crippen LogP contribution in [0.15, 0.2) is 23.8 Å². The Hall–Kier alpha value is -0.540. The van der Waals surface area contributed by atoms with Crippen LogP contribution in [0.4, 0.5) is 0 Å². The summed E-state index contributed by atoms with van der Waals surface area (Å²) >= 11 is 11.9. The summed E-state index contributed by atoms with van der Waals surface area (Å²) in [6.45, 7) is 4.44. The van der Waals surface area contributed by atoms with Crippen molar-refractivity contribution in [2.75, 3.05) is 26.8 Å². The summed E-state index contributed by atoms with van der Waals surface area (Å²) in [6.07, 6.45) is 2.05. The molecule has 1 N–H and O–H groups in total. The Kier molecular flexibility index (Phi) is 6.60. The molecular weight excluding hydrogens is 257 g/mol. The predicted molar refractivity (Wildman–Crippen MR) is 74.9 cm³/mol. The lowest BCUT2D eigenvalue weighted by Gasteiger charge is -2.05. The van der Waals surface area contributed by atoms with E-state index in [1.54, 1.807) is 13.2 Å². The number of rotatable bonds is 6. The van der Waals surface area contributed by atoms with Gasteiger partial charge in [0.15, 0.2) is 0 Å². The van der Waals surface area contributed by atoms with Crippen LogP contribution in [-0.4, -0.2) is 26.8 Å². The molecule has 0 spiro atoms. The van der Waals surface area contributed by atoms with Crippen LogP contribution < -0.4 is 5.32 Å². The monoisotopic (exact) mass is 273 g/mol. The highest BCUT2D eigenvalue weighted by molar-refractivity contribution is 6.35. The summed E-state index contributed by atoms with van der Waals surface area (Å²) in [7, 11) is 1.69. The molecule has 0 aliphatic carbocycles. The van der Waals surface area contributed by atoms with Gasteiger partial charge in [-0.05, 0) is 24.6 Å². The van der Waals surface area contributed by atoms with Crippen LogP contribution in [0.5, 0.6) is 0 Å². The van der Waals surface area contributed by atoms with Crippen LogP contribution >= 0.6 is 23.2 Å². The van der Waals surface area contributed by atoms with Gasteiger partial charge in [-0.15, -0.1) is 0 Å². The molecular formula is C13H17Cl2NO. The molecule has 0 amide bonds. The Morgan fingerprint density at radius 2 is 2.18 bits per heavy atom. The van der Waals surface area contributed by atoms with E-state index in [2.05, 4.69) is 18.3 Å². The minimum atomic E-state index is 0.656. The predicted octanol–water partition coefficient (Wildman–Crippen LogP) is 3.63. The van der Waals surface area contributed by atoms with Crippen molar-refractivity contribution in [3.8, 4) is 0 Å². The number of ether oxygens (including phenoxy) is 1. The topological polar surface area (TPSA) is 21.3 Å². The first kappa shape index (κ1) is 14.5. The van der Waals surface area contributed by atoms with Gasteiger partial charge in [0.05, 0.1) is 6.61 Å². The lowest BCUT2D eigenvalue weighted by atomic mass is 10.1. The molecule has 0 aliphatic heterocycles. The molecule has 0 aliphatic rings. The van der Waals surface area contributed by atoms with E-state index in [1.807, 2.05) is 12.1 Å². The number of halogens is 2. The van der Waals surface area contributed by atoms with Gasteiger partial charge in [0.1, 0.15) is 0 Å². The summed E-state index contributed by atoms with van der Waals surface area (Å²) in [5, 5.41) is 4.61. The molecule has 0 saturated carbocycles. The fourth-order valence-corrected chi connectivity index (χ4v) is 1.86. The molecule has 1 rings (SSSR count). The van der Waals surface area contributed by atoms with Crippen molar-refractivity contribution in [2.24, 2.45) is 0 Å². The molecule has 2 nitrogen and oxygen atoms in total. The maximum Gasteiger partial charge on any atom is 0.0587 e. The van der Waals surface area contributed by atoms with E-state index in [0.29, 0.717) is 10.0 Å². The van der Waals surface area contributed by atoms with Crippen molar-refractivity contribution in [1.29, 1.82) is 0 Å². The average molecular weight is 274 g/mol. The van der Waals surface area contributed by atoms with Gasteiger partial charge in [-0.2, -0.15) is 0 Å². The van der Waals surface area contributed by atoms with Gasteiger partial charge in [0.25, 0.3) is 0 Å². The van der Waals surface area contributed by atoms with E-state index in [4.69, 9.17) is 27.9 Å².